The smallest absolute Gasteiger partial charge is 0.346 e. The van der Waals surface area contributed by atoms with Crippen molar-refractivity contribution in [2.75, 3.05) is 13.2 Å². The number of nitrogens with zero attached hydrogens (tertiary/aromatic N) is 1. The van der Waals surface area contributed by atoms with Gasteiger partial charge < -0.3 is 15.2 Å². The highest BCUT2D eigenvalue weighted by molar-refractivity contribution is 5.95. The molecule has 1 rings (SSSR count). The Kier molecular flexibility index (Phi) is 5.05. The first kappa shape index (κ1) is 15.0. The number of carbonyl (C=O) groups is 2. The third kappa shape index (κ3) is 3.71. The molecule has 0 aliphatic heterocycles. The Morgan fingerprint density at radius 3 is 2.75 bits per heavy atom. The normalized spacial score (nSPS) is 9.35. The lowest BCUT2D eigenvalue weighted by atomic mass is 10.1. The lowest BCUT2D eigenvalue weighted by Gasteiger charge is -2.08. The van der Waals surface area contributed by atoms with Gasteiger partial charge in [0.25, 0.3) is 11.6 Å². The molecule has 0 aromatic heterocycles. The summed E-state index contributed by atoms with van der Waals surface area (Å²) in [4.78, 5) is 32.2. The number of carbonyl (C=O) groups excluding carboxylic acids is 1. The molecule has 0 saturated carbocycles. The number of rotatable bonds is 6. The zero-order valence-corrected chi connectivity index (χ0v) is 10.2. The van der Waals surface area contributed by atoms with Crippen LogP contribution in [0, 0.1) is 22.5 Å². The van der Waals surface area contributed by atoms with Crippen LogP contribution in [0.25, 0.3) is 0 Å². The predicted molar refractivity (Wildman–Crippen MR) is 67.4 cm³/mol. The zero-order valence-electron chi connectivity index (χ0n) is 10.2. The maximum absolute atomic E-state index is 11.3. The van der Waals surface area contributed by atoms with Gasteiger partial charge in [0.1, 0.15) is 5.75 Å². The summed E-state index contributed by atoms with van der Waals surface area (Å²) in [5.74, 6) is -0.163. The van der Waals surface area contributed by atoms with E-state index in [1.54, 1.807) is 0 Å². The number of amides is 1. The van der Waals surface area contributed by atoms with Crippen LogP contribution in [0.2, 0.25) is 0 Å². The number of benzene rings is 1. The van der Waals surface area contributed by atoms with Gasteiger partial charge in [0.05, 0.1) is 11.5 Å². The van der Waals surface area contributed by atoms with Gasteiger partial charge >= 0.3 is 5.97 Å². The number of hydrogen-bond donors (Lipinski definition) is 2. The quantitative estimate of drug-likeness (QED) is 0.442. The second-order valence-electron chi connectivity index (χ2n) is 3.48. The molecule has 2 N–H and O–H groups in total. The number of nitro benzene ring substituents is 1. The summed E-state index contributed by atoms with van der Waals surface area (Å²) in [5, 5.41) is 22.0. The Bertz CT molecular complexity index is 590. The molecule has 8 nitrogen and oxygen atoms in total. The summed E-state index contributed by atoms with van der Waals surface area (Å²) in [6.45, 7) is -0.494. The topological polar surface area (TPSA) is 119 Å². The van der Waals surface area contributed by atoms with Crippen LogP contribution in [0.4, 0.5) is 5.69 Å². The van der Waals surface area contributed by atoms with Crippen molar-refractivity contribution < 1.29 is 24.4 Å². The Hall–Kier alpha value is -3.08. The monoisotopic (exact) mass is 278 g/mol. The van der Waals surface area contributed by atoms with Gasteiger partial charge in [0.2, 0.25) is 0 Å². The van der Waals surface area contributed by atoms with Gasteiger partial charge in [-0.2, -0.15) is 0 Å². The molecule has 0 bridgehead atoms. The van der Waals surface area contributed by atoms with Crippen LogP contribution in [0.3, 0.4) is 0 Å². The molecule has 0 aliphatic carbocycles. The minimum Gasteiger partial charge on any atom is -0.483 e. The van der Waals surface area contributed by atoms with Crippen molar-refractivity contribution in [3.63, 3.8) is 0 Å². The van der Waals surface area contributed by atoms with E-state index in [2.05, 4.69) is 11.2 Å². The first-order valence-corrected chi connectivity index (χ1v) is 5.31. The maximum atomic E-state index is 11.3. The fourth-order valence-electron chi connectivity index (χ4n) is 1.35. The van der Waals surface area contributed by atoms with E-state index in [1.807, 2.05) is 0 Å². The summed E-state index contributed by atoms with van der Waals surface area (Å²) < 4.78 is 4.98. The van der Waals surface area contributed by atoms with Crippen LogP contribution in [-0.2, 0) is 4.79 Å². The van der Waals surface area contributed by atoms with E-state index in [-0.39, 0.29) is 12.3 Å². The first-order valence-electron chi connectivity index (χ1n) is 5.31. The number of carboxylic acids is 1. The van der Waals surface area contributed by atoms with E-state index in [0.717, 1.165) is 6.07 Å². The number of nitrogens with one attached hydrogen (secondary N) is 1. The Balaban J connectivity index is 2.93. The van der Waals surface area contributed by atoms with Crippen molar-refractivity contribution in [3.05, 3.63) is 33.9 Å². The molecule has 0 saturated heterocycles. The molecule has 0 fully saturated rings. The van der Waals surface area contributed by atoms with Crippen LogP contribution < -0.4 is 10.1 Å². The van der Waals surface area contributed by atoms with E-state index >= 15 is 0 Å². The second kappa shape index (κ2) is 6.75. The van der Waals surface area contributed by atoms with Crippen LogP contribution in [0.5, 0.6) is 5.75 Å². The molecule has 20 heavy (non-hydrogen) atoms. The average Bonchev–Trinajstić information content (AvgIpc) is 2.41. The number of hydrogen-bond acceptors (Lipinski definition) is 5. The largest absolute Gasteiger partial charge is 0.483 e. The first-order chi connectivity index (χ1) is 9.47. The number of nitro groups is 1. The molecule has 0 radical (unpaired) electrons. The Morgan fingerprint density at radius 2 is 2.20 bits per heavy atom. The van der Waals surface area contributed by atoms with Gasteiger partial charge in [0.15, 0.2) is 12.2 Å². The van der Waals surface area contributed by atoms with Crippen molar-refractivity contribution in [2.45, 2.75) is 0 Å². The molecule has 0 atom stereocenters. The molecule has 104 valence electrons. The summed E-state index contributed by atoms with van der Waals surface area (Å²) in [5.41, 5.74) is -1.22. The van der Waals surface area contributed by atoms with E-state index in [9.17, 15) is 19.7 Å². The van der Waals surface area contributed by atoms with E-state index < -0.39 is 34.7 Å². The fourth-order valence-corrected chi connectivity index (χ4v) is 1.35. The van der Waals surface area contributed by atoms with Gasteiger partial charge in [-0.3, -0.25) is 14.9 Å². The van der Waals surface area contributed by atoms with Crippen molar-refractivity contribution in [2.24, 2.45) is 0 Å². The number of ether oxygens (including phenoxy) is 1. The van der Waals surface area contributed by atoms with Crippen molar-refractivity contribution >= 4 is 17.6 Å². The van der Waals surface area contributed by atoms with E-state index in [1.165, 1.54) is 12.1 Å². The molecule has 1 amide bonds. The standard InChI is InChI=1S/C12H10N2O6/c1-2-6-13-10(15)7-20-9-5-3-4-8(14(18)19)11(9)12(16)17/h1,3-5H,6-7H2,(H,13,15)(H,16,17). The van der Waals surface area contributed by atoms with Gasteiger partial charge in [-0.25, -0.2) is 4.79 Å². The fraction of sp³-hybridized carbons (Fsp3) is 0.167. The molecule has 8 heteroatoms. The van der Waals surface area contributed by atoms with Gasteiger partial charge in [-0.05, 0) is 6.07 Å². The third-order valence-corrected chi connectivity index (χ3v) is 2.16. The molecule has 0 aliphatic rings. The van der Waals surface area contributed by atoms with E-state index in [4.69, 9.17) is 16.3 Å². The van der Waals surface area contributed by atoms with E-state index in [0.29, 0.717) is 0 Å². The predicted octanol–water partition coefficient (Wildman–Crippen LogP) is 0.421. The van der Waals surface area contributed by atoms with Crippen LogP contribution in [0.15, 0.2) is 18.2 Å². The minimum atomic E-state index is -1.52. The van der Waals surface area contributed by atoms with Crippen molar-refractivity contribution in [1.29, 1.82) is 0 Å². The SMILES string of the molecule is C#CCNC(=O)COc1cccc([N+](=O)[O-])c1C(=O)O. The maximum Gasteiger partial charge on any atom is 0.346 e. The zero-order chi connectivity index (χ0) is 15.1. The number of aromatic carboxylic acids is 1. The highest BCUT2D eigenvalue weighted by atomic mass is 16.6. The number of terminal acetylenes is 1. The van der Waals surface area contributed by atoms with Crippen LogP contribution in [-0.4, -0.2) is 35.1 Å². The molecular formula is C12H10N2O6. The molecule has 0 spiro atoms. The average molecular weight is 278 g/mol. The molecule has 1 aromatic rings. The Labute approximate surface area is 113 Å². The van der Waals surface area contributed by atoms with Crippen LogP contribution in [0.1, 0.15) is 10.4 Å². The van der Waals surface area contributed by atoms with Crippen molar-refractivity contribution in [1.82, 2.24) is 5.32 Å². The molecule has 1 aromatic carbocycles. The molecule has 0 heterocycles. The van der Waals surface area contributed by atoms with Crippen LogP contribution >= 0.6 is 0 Å². The highest BCUT2D eigenvalue weighted by Crippen LogP contribution is 2.28. The second-order valence-corrected chi connectivity index (χ2v) is 3.48. The highest BCUT2D eigenvalue weighted by Gasteiger charge is 2.24. The lowest BCUT2D eigenvalue weighted by Crippen LogP contribution is -2.29. The molecular weight excluding hydrogens is 268 g/mol. The number of carboxylic acid groups (broad SMARTS) is 1. The summed E-state index contributed by atoms with van der Waals surface area (Å²) in [6.07, 6.45) is 4.94. The summed E-state index contributed by atoms with van der Waals surface area (Å²) in [6, 6.07) is 3.53. The van der Waals surface area contributed by atoms with Gasteiger partial charge in [0, 0.05) is 6.07 Å². The lowest BCUT2D eigenvalue weighted by molar-refractivity contribution is -0.385. The van der Waals surface area contributed by atoms with Crippen molar-refractivity contribution in [3.8, 4) is 18.1 Å². The van der Waals surface area contributed by atoms with Gasteiger partial charge in [-0.1, -0.05) is 12.0 Å². The minimum absolute atomic E-state index is 0.00290. The molecule has 0 unspecified atom stereocenters. The third-order valence-electron chi connectivity index (χ3n) is 2.16. The van der Waals surface area contributed by atoms with Gasteiger partial charge in [-0.15, -0.1) is 6.42 Å². The summed E-state index contributed by atoms with van der Waals surface area (Å²) in [7, 11) is 0. The Morgan fingerprint density at radius 1 is 1.50 bits per heavy atom. The summed E-state index contributed by atoms with van der Waals surface area (Å²) >= 11 is 0.